The summed E-state index contributed by atoms with van der Waals surface area (Å²) in [7, 11) is 0. The third kappa shape index (κ3) is 3.09. The van der Waals surface area contributed by atoms with Gasteiger partial charge < -0.3 is 0 Å². The average molecular weight is 154 g/mol. The molecular weight excluding hydrogens is 132 g/mol. The van der Waals surface area contributed by atoms with Gasteiger partial charge in [-0.15, -0.1) is 0 Å². The van der Waals surface area contributed by atoms with Crippen molar-refractivity contribution in [3.8, 4) is 0 Å². The van der Waals surface area contributed by atoms with Crippen LogP contribution in [0.25, 0.3) is 0 Å². The van der Waals surface area contributed by atoms with Gasteiger partial charge in [0.15, 0.2) is 0 Å². The Morgan fingerprint density at radius 1 is 1.27 bits per heavy atom. The molecule has 0 aromatic carbocycles. The standard InChI is InChI=1S/C11H22/c1-7-9(4)11(6)10(5)8(2)3/h9-11H,2,7H2,1,3-6H3/t9-,10?,11-/m0/s1. The highest BCUT2D eigenvalue weighted by Gasteiger charge is 2.17. The van der Waals surface area contributed by atoms with E-state index in [1.54, 1.807) is 0 Å². The summed E-state index contributed by atoms with van der Waals surface area (Å²) in [5.74, 6) is 2.27. The molecule has 0 aliphatic rings. The molecule has 0 saturated carbocycles. The van der Waals surface area contributed by atoms with Crippen LogP contribution in [0, 0.1) is 17.8 Å². The fraction of sp³-hybridized carbons (Fsp3) is 0.818. The number of hydrogen-bond acceptors (Lipinski definition) is 0. The van der Waals surface area contributed by atoms with Gasteiger partial charge in [0, 0.05) is 0 Å². The summed E-state index contributed by atoms with van der Waals surface area (Å²) in [5, 5.41) is 0. The Morgan fingerprint density at radius 2 is 1.73 bits per heavy atom. The van der Waals surface area contributed by atoms with Crippen LogP contribution in [0.4, 0.5) is 0 Å². The van der Waals surface area contributed by atoms with Gasteiger partial charge in [0.1, 0.15) is 0 Å². The lowest BCUT2D eigenvalue weighted by molar-refractivity contribution is 0.302. The van der Waals surface area contributed by atoms with Gasteiger partial charge in [-0.3, -0.25) is 0 Å². The molecule has 0 fully saturated rings. The van der Waals surface area contributed by atoms with Gasteiger partial charge in [0.2, 0.25) is 0 Å². The summed E-state index contributed by atoms with van der Waals surface area (Å²) in [4.78, 5) is 0. The molecule has 3 atom stereocenters. The fourth-order valence-electron chi connectivity index (χ4n) is 1.31. The summed E-state index contributed by atoms with van der Waals surface area (Å²) in [6.07, 6.45) is 1.28. The molecular formula is C11H22. The number of rotatable bonds is 4. The molecule has 0 heterocycles. The van der Waals surface area contributed by atoms with Crippen molar-refractivity contribution in [2.75, 3.05) is 0 Å². The first kappa shape index (κ1) is 10.7. The van der Waals surface area contributed by atoms with Crippen molar-refractivity contribution < 1.29 is 0 Å². The van der Waals surface area contributed by atoms with Crippen molar-refractivity contribution in [2.45, 2.75) is 41.0 Å². The van der Waals surface area contributed by atoms with E-state index < -0.39 is 0 Å². The molecule has 0 heteroatoms. The smallest absolute Gasteiger partial charge is 0.0209 e. The zero-order valence-corrected chi connectivity index (χ0v) is 8.65. The fourth-order valence-corrected chi connectivity index (χ4v) is 1.31. The van der Waals surface area contributed by atoms with Gasteiger partial charge in [-0.05, 0) is 24.7 Å². The van der Waals surface area contributed by atoms with E-state index in [1.165, 1.54) is 12.0 Å². The van der Waals surface area contributed by atoms with Gasteiger partial charge in [0.25, 0.3) is 0 Å². The van der Waals surface area contributed by atoms with Crippen molar-refractivity contribution in [3.05, 3.63) is 12.2 Å². The molecule has 0 aromatic heterocycles. The molecule has 0 aliphatic heterocycles. The van der Waals surface area contributed by atoms with E-state index >= 15 is 0 Å². The molecule has 11 heavy (non-hydrogen) atoms. The minimum Gasteiger partial charge on any atom is -0.0999 e. The molecule has 0 amide bonds. The molecule has 1 unspecified atom stereocenters. The third-order valence-electron chi connectivity index (χ3n) is 3.11. The Labute approximate surface area is 71.7 Å². The maximum Gasteiger partial charge on any atom is -0.0209 e. The minimum absolute atomic E-state index is 0.671. The minimum atomic E-state index is 0.671. The predicted octanol–water partition coefficient (Wildman–Crippen LogP) is 3.88. The van der Waals surface area contributed by atoms with Gasteiger partial charge in [-0.2, -0.15) is 0 Å². The molecule has 0 aliphatic carbocycles. The van der Waals surface area contributed by atoms with Crippen LogP contribution in [0.2, 0.25) is 0 Å². The largest absolute Gasteiger partial charge is 0.0999 e. The second-order valence-corrected chi connectivity index (χ2v) is 3.88. The molecule has 0 bridgehead atoms. The summed E-state index contributed by atoms with van der Waals surface area (Å²) >= 11 is 0. The molecule has 0 nitrogen and oxygen atoms in total. The first-order chi connectivity index (χ1) is 5.00. The summed E-state index contributed by atoms with van der Waals surface area (Å²) in [6.45, 7) is 15.3. The second-order valence-electron chi connectivity index (χ2n) is 3.88. The normalized spacial score (nSPS) is 19.0. The average Bonchev–Trinajstić information content (AvgIpc) is 2.00. The van der Waals surface area contributed by atoms with Crippen LogP contribution < -0.4 is 0 Å². The Hall–Kier alpha value is -0.260. The lowest BCUT2D eigenvalue weighted by Crippen LogP contribution is -2.16. The highest BCUT2D eigenvalue weighted by Crippen LogP contribution is 2.26. The molecule has 66 valence electrons. The number of allylic oxidation sites excluding steroid dienone is 1. The summed E-state index contributed by atoms with van der Waals surface area (Å²) in [6, 6.07) is 0. The lowest BCUT2D eigenvalue weighted by Gasteiger charge is -2.25. The maximum atomic E-state index is 3.99. The van der Waals surface area contributed by atoms with Crippen molar-refractivity contribution in [1.29, 1.82) is 0 Å². The Kier molecular flexibility index (Phi) is 4.48. The van der Waals surface area contributed by atoms with Crippen LogP contribution in [-0.2, 0) is 0 Å². The number of hydrogen-bond donors (Lipinski definition) is 0. The van der Waals surface area contributed by atoms with Crippen LogP contribution in [0.3, 0.4) is 0 Å². The molecule has 0 aromatic rings. The van der Waals surface area contributed by atoms with Crippen molar-refractivity contribution in [3.63, 3.8) is 0 Å². The third-order valence-corrected chi connectivity index (χ3v) is 3.11. The lowest BCUT2D eigenvalue weighted by atomic mass is 9.81. The zero-order chi connectivity index (χ0) is 9.02. The molecule has 0 rings (SSSR count). The topological polar surface area (TPSA) is 0 Å². The molecule has 0 radical (unpaired) electrons. The van der Waals surface area contributed by atoms with E-state index in [0.717, 1.165) is 11.8 Å². The molecule has 0 N–H and O–H groups in total. The van der Waals surface area contributed by atoms with E-state index in [9.17, 15) is 0 Å². The maximum absolute atomic E-state index is 3.99. The van der Waals surface area contributed by atoms with E-state index in [1.807, 2.05) is 0 Å². The van der Waals surface area contributed by atoms with E-state index in [-0.39, 0.29) is 0 Å². The Balaban J connectivity index is 4.00. The first-order valence-electron chi connectivity index (χ1n) is 4.66. The second kappa shape index (κ2) is 4.58. The first-order valence-corrected chi connectivity index (χ1v) is 4.66. The van der Waals surface area contributed by atoms with Gasteiger partial charge >= 0.3 is 0 Å². The van der Waals surface area contributed by atoms with Crippen molar-refractivity contribution in [1.82, 2.24) is 0 Å². The van der Waals surface area contributed by atoms with E-state index in [4.69, 9.17) is 0 Å². The van der Waals surface area contributed by atoms with Gasteiger partial charge in [-0.25, -0.2) is 0 Å². The highest BCUT2D eigenvalue weighted by molar-refractivity contribution is 4.96. The Morgan fingerprint density at radius 3 is 2.00 bits per heavy atom. The predicted molar refractivity (Wildman–Crippen MR) is 52.6 cm³/mol. The van der Waals surface area contributed by atoms with Crippen LogP contribution in [-0.4, -0.2) is 0 Å². The SMILES string of the molecule is C=C(C)C(C)[C@@H](C)[C@@H](C)CC. The highest BCUT2D eigenvalue weighted by atomic mass is 14.2. The van der Waals surface area contributed by atoms with E-state index in [0.29, 0.717) is 5.92 Å². The van der Waals surface area contributed by atoms with Crippen LogP contribution in [0.5, 0.6) is 0 Å². The van der Waals surface area contributed by atoms with E-state index in [2.05, 4.69) is 41.2 Å². The Bertz CT molecular complexity index is 124. The van der Waals surface area contributed by atoms with Crippen LogP contribution in [0.1, 0.15) is 41.0 Å². The van der Waals surface area contributed by atoms with Crippen LogP contribution in [0.15, 0.2) is 12.2 Å². The van der Waals surface area contributed by atoms with Gasteiger partial charge in [0.05, 0.1) is 0 Å². The molecule has 0 saturated heterocycles. The zero-order valence-electron chi connectivity index (χ0n) is 8.65. The van der Waals surface area contributed by atoms with Gasteiger partial charge in [-0.1, -0.05) is 46.3 Å². The quantitative estimate of drug-likeness (QED) is 0.539. The van der Waals surface area contributed by atoms with Crippen LogP contribution >= 0.6 is 0 Å². The van der Waals surface area contributed by atoms with Crippen molar-refractivity contribution in [2.24, 2.45) is 17.8 Å². The summed E-state index contributed by atoms with van der Waals surface area (Å²) < 4.78 is 0. The summed E-state index contributed by atoms with van der Waals surface area (Å²) in [5.41, 5.74) is 1.32. The molecule has 0 spiro atoms. The monoisotopic (exact) mass is 154 g/mol. The van der Waals surface area contributed by atoms with Crippen molar-refractivity contribution >= 4 is 0 Å².